The van der Waals surface area contributed by atoms with E-state index in [-0.39, 0.29) is 25.3 Å². The van der Waals surface area contributed by atoms with Crippen LogP contribution >= 0.6 is 0 Å². The van der Waals surface area contributed by atoms with Gasteiger partial charge in [-0.3, -0.25) is 0 Å². The largest absolute Gasteiger partial charge is 0.493 e. The Morgan fingerprint density at radius 2 is 1.94 bits per heavy atom. The fourth-order valence-electron chi connectivity index (χ4n) is 1.04. The molecule has 0 aliphatic heterocycles. The predicted molar refractivity (Wildman–Crippen MR) is 59.3 cm³/mol. The van der Waals surface area contributed by atoms with Gasteiger partial charge in [-0.1, -0.05) is 19.0 Å². The second-order valence-corrected chi connectivity index (χ2v) is 3.71. The van der Waals surface area contributed by atoms with Gasteiger partial charge in [-0.25, -0.2) is 0 Å². The number of amidine groups is 1. The summed E-state index contributed by atoms with van der Waals surface area (Å²) >= 11 is 0. The standard InChI is InChI=1S/C11H16N2O2.Zn/c1-8(2)7-15-10-5-3-9(4-6-10)11(12)13-14;/h3-6,8,14H,7H2,1-2H3,(H2,12,13);. The van der Waals surface area contributed by atoms with Gasteiger partial charge in [0.15, 0.2) is 5.84 Å². The summed E-state index contributed by atoms with van der Waals surface area (Å²) in [5.74, 6) is 1.39. The maximum Gasteiger partial charge on any atom is 0.170 e. The molecule has 0 saturated heterocycles. The van der Waals surface area contributed by atoms with E-state index in [9.17, 15) is 0 Å². The third kappa shape index (κ3) is 4.62. The maximum absolute atomic E-state index is 8.47. The quantitative estimate of drug-likeness (QED) is 0.289. The minimum absolute atomic E-state index is 0. The molecule has 0 spiro atoms. The van der Waals surface area contributed by atoms with Crippen LogP contribution in [0, 0.1) is 5.92 Å². The average Bonchev–Trinajstić information content (AvgIpc) is 2.26. The Morgan fingerprint density at radius 3 is 2.38 bits per heavy atom. The van der Waals surface area contributed by atoms with E-state index >= 15 is 0 Å². The Labute approximate surface area is 108 Å². The molecule has 0 unspecified atom stereocenters. The van der Waals surface area contributed by atoms with Gasteiger partial charge in [0, 0.05) is 25.0 Å². The molecule has 16 heavy (non-hydrogen) atoms. The van der Waals surface area contributed by atoms with Gasteiger partial charge >= 0.3 is 0 Å². The van der Waals surface area contributed by atoms with Crippen LogP contribution in [-0.2, 0) is 19.5 Å². The molecular weight excluding hydrogens is 258 g/mol. The van der Waals surface area contributed by atoms with Crippen molar-refractivity contribution in [3.05, 3.63) is 29.8 Å². The zero-order chi connectivity index (χ0) is 11.3. The first-order valence-corrected chi connectivity index (χ1v) is 4.84. The first-order chi connectivity index (χ1) is 7.13. The number of nitrogens with zero attached hydrogens (tertiary/aromatic N) is 1. The normalized spacial score (nSPS) is 11.1. The van der Waals surface area contributed by atoms with Crippen molar-refractivity contribution in [1.29, 1.82) is 0 Å². The number of nitrogens with two attached hydrogens (primary N) is 1. The van der Waals surface area contributed by atoms with Crippen molar-refractivity contribution >= 4 is 5.84 Å². The molecule has 0 heterocycles. The van der Waals surface area contributed by atoms with Crippen LogP contribution in [-0.4, -0.2) is 17.6 Å². The molecule has 1 aromatic rings. The summed E-state index contributed by atoms with van der Waals surface area (Å²) in [6, 6.07) is 7.11. The van der Waals surface area contributed by atoms with Gasteiger partial charge in [0.25, 0.3) is 0 Å². The topological polar surface area (TPSA) is 67.8 Å². The minimum atomic E-state index is 0. The number of ether oxygens (including phenoxy) is 1. The third-order valence-corrected chi connectivity index (χ3v) is 1.84. The van der Waals surface area contributed by atoms with Crippen LogP contribution in [0.4, 0.5) is 0 Å². The Bertz CT molecular complexity index is 336. The molecule has 3 N–H and O–H groups in total. The summed E-state index contributed by atoms with van der Waals surface area (Å²) in [6.07, 6.45) is 0. The van der Waals surface area contributed by atoms with E-state index in [0.717, 1.165) is 5.75 Å². The first-order valence-electron chi connectivity index (χ1n) is 4.84. The zero-order valence-corrected chi connectivity index (χ0v) is 12.6. The summed E-state index contributed by atoms with van der Waals surface area (Å²) in [4.78, 5) is 0. The number of hydrogen-bond donors (Lipinski definition) is 2. The predicted octanol–water partition coefficient (Wildman–Crippen LogP) is 1.81. The molecule has 0 bridgehead atoms. The Balaban J connectivity index is 0.00000225. The van der Waals surface area contributed by atoms with E-state index in [1.54, 1.807) is 24.3 Å². The van der Waals surface area contributed by atoms with Crippen LogP contribution in [0.15, 0.2) is 29.4 Å². The number of hydrogen-bond acceptors (Lipinski definition) is 3. The van der Waals surface area contributed by atoms with Crippen LogP contribution in [0.25, 0.3) is 0 Å². The third-order valence-electron chi connectivity index (χ3n) is 1.84. The summed E-state index contributed by atoms with van der Waals surface area (Å²) < 4.78 is 5.49. The monoisotopic (exact) mass is 272 g/mol. The van der Waals surface area contributed by atoms with Gasteiger partial charge in [-0.2, -0.15) is 0 Å². The number of rotatable bonds is 4. The van der Waals surface area contributed by atoms with E-state index in [0.29, 0.717) is 18.1 Å². The maximum atomic E-state index is 8.47. The molecule has 1 aromatic carbocycles. The summed E-state index contributed by atoms with van der Waals surface area (Å²) in [5, 5.41) is 11.4. The van der Waals surface area contributed by atoms with Crippen LogP contribution in [0.3, 0.4) is 0 Å². The molecule has 0 amide bonds. The second kappa shape index (κ2) is 7.23. The van der Waals surface area contributed by atoms with Crippen LogP contribution in [0.1, 0.15) is 19.4 Å². The average molecular weight is 274 g/mol. The molecule has 0 aliphatic rings. The fraction of sp³-hybridized carbons (Fsp3) is 0.364. The Morgan fingerprint density at radius 1 is 1.38 bits per heavy atom. The Kier molecular flexibility index (Phi) is 6.74. The molecule has 4 nitrogen and oxygen atoms in total. The van der Waals surface area contributed by atoms with E-state index in [1.807, 2.05) is 0 Å². The molecule has 1 rings (SSSR count). The van der Waals surface area contributed by atoms with Crippen LogP contribution in [0.5, 0.6) is 5.75 Å². The molecule has 0 fully saturated rings. The van der Waals surface area contributed by atoms with Gasteiger partial charge < -0.3 is 15.7 Å². The molecule has 0 aliphatic carbocycles. The van der Waals surface area contributed by atoms with Gasteiger partial charge in [-0.15, -0.1) is 0 Å². The van der Waals surface area contributed by atoms with Gasteiger partial charge in [-0.05, 0) is 30.2 Å². The SMILES string of the molecule is CC(C)COc1ccc(C(N)=NO)cc1.[Zn]. The summed E-state index contributed by atoms with van der Waals surface area (Å²) in [7, 11) is 0. The van der Waals surface area contributed by atoms with E-state index in [2.05, 4.69) is 19.0 Å². The number of oxime groups is 1. The van der Waals surface area contributed by atoms with Gasteiger partial charge in [0.1, 0.15) is 5.75 Å². The molecule has 0 aromatic heterocycles. The molecule has 0 radical (unpaired) electrons. The molecule has 0 saturated carbocycles. The molecule has 84 valence electrons. The number of benzene rings is 1. The zero-order valence-electron chi connectivity index (χ0n) is 9.68. The fourth-order valence-corrected chi connectivity index (χ4v) is 1.04. The second-order valence-electron chi connectivity index (χ2n) is 3.71. The van der Waals surface area contributed by atoms with E-state index < -0.39 is 0 Å². The molecule has 5 heteroatoms. The Hall–Kier alpha value is -1.09. The van der Waals surface area contributed by atoms with Crippen molar-refractivity contribution in [2.24, 2.45) is 16.8 Å². The van der Waals surface area contributed by atoms with Gasteiger partial charge in [0.05, 0.1) is 6.61 Å². The molecule has 0 atom stereocenters. The van der Waals surface area contributed by atoms with Crippen molar-refractivity contribution in [2.75, 3.05) is 6.61 Å². The van der Waals surface area contributed by atoms with Crippen molar-refractivity contribution in [2.45, 2.75) is 13.8 Å². The van der Waals surface area contributed by atoms with Gasteiger partial charge in [0.2, 0.25) is 0 Å². The van der Waals surface area contributed by atoms with Crippen molar-refractivity contribution in [3.8, 4) is 5.75 Å². The van der Waals surface area contributed by atoms with Crippen molar-refractivity contribution in [3.63, 3.8) is 0 Å². The van der Waals surface area contributed by atoms with E-state index in [4.69, 9.17) is 15.7 Å². The summed E-state index contributed by atoms with van der Waals surface area (Å²) in [5.41, 5.74) is 6.10. The molecular formula is C11H16N2O2Zn. The van der Waals surface area contributed by atoms with Crippen LogP contribution < -0.4 is 10.5 Å². The minimum Gasteiger partial charge on any atom is -0.493 e. The smallest absolute Gasteiger partial charge is 0.170 e. The first kappa shape index (κ1) is 14.9. The van der Waals surface area contributed by atoms with E-state index in [1.165, 1.54) is 0 Å². The summed E-state index contributed by atoms with van der Waals surface area (Å²) in [6.45, 7) is 4.86. The van der Waals surface area contributed by atoms with Crippen molar-refractivity contribution < 1.29 is 29.4 Å². The van der Waals surface area contributed by atoms with Crippen LogP contribution in [0.2, 0.25) is 0 Å². The van der Waals surface area contributed by atoms with Crippen molar-refractivity contribution in [1.82, 2.24) is 0 Å².